The molecule has 1 aromatic rings. The van der Waals surface area contributed by atoms with Crippen molar-refractivity contribution in [3.8, 4) is 11.5 Å². The van der Waals surface area contributed by atoms with Crippen molar-refractivity contribution < 1.29 is 9.47 Å². The molecule has 0 bridgehead atoms. The van der Waals surface area contributed by atoms with Crippen LogP contribution < -0.4 is 9.47 Å². The fourth-order valence-electron chi connectivity index (χ4n) is 3.84. The van der Waals surface area contributed by atoms with E-state index in [4.69, 9.17) is 21.1 Å². The third kappa shape index (κ3) is 4.59. The first-order chi connectivity index (χ1) is 12.1. The van der Waals surface area contributed by atoms with Crippen LogP contribution in [0, 0.1) is 0 Å². The zero-order chi connectivity index (χ0) is 17.8. The van der Waals surface area contributed by atoms with Crippen LogP contribution in [0.3, 0.4) is 0 Å². The molecule has 5 nitrogen and oxygen atoms in total. The van der Waals surface area contributed by atoms with E-state index in [0.717, 1.165) is 38.5 Å². The number of fused-ring (bicyclic) bond motifs is 1. The maximum atomic E-state index is 6.46. The summed E-state index contributed by atoms with van der Waals surface area (Å²) in [5.41, 5.74) is 1.19. The predicted octanol–water partition coefficient (Wildman–Crippen LogP) is 2.57. The van der Waals surface area contributed by atoms with Gasteiger partial charge < -0.3 is 14.4 Å². The van der Waals surface area contributed by atoms with Crippen LogP contribution >= 0.6 is 11.6 Å². The summed E-state index contributed by atoms with van der Waals surface area (Å²) in [6.45, 7) is 12.9. The average Bonchev–Trinajstić information content (AvgIpc) is 2.58. The summed E-state index contributed by atoms with van der Waals surface area (Å²) in [5.74, 6) is 1.41. The van der Waals surface area contributed by atoms with Crippen LogP contribution in [0.15, 0.2) is 12.1 Å². The molecule has 1 atom stereocenters. The van der Waals surface area contributed by atoms with Gasteiger partial charge in [-0.05, 0) is 38.6 Å². The van der Waals surface area contributed by atoms with Gasteiger partial charge in [-0.3, -0.25) is 9.80 Å². The SMILES string of the molecule is CCOc1cc(CN2CCN3CCN(C)C[C@H]3C2)cc(Cl)c1OCC. The molecule has 0 radical (unpaired) electrons. The Morgan fingerprint density at radius 2 is 1.80 bits per heavy atom. The summed E-state index contributed by atoms with van der Waals surface area (Å²) in [4.78, 5) is 7.60. The quantitative estimate of drug-likeness (QED) is 0.770. The van der Waals surface area contributed by atoms with E-state index >= 15 is 0 Å². The van der Waals surface area contributed by atoms with E-state index in [1.54, 1.807) is 0 Å². The van der Waals surface area contributed by atoms with Crippen molar-refractivity contribution in [3.63, 3.8) is 0 Å². The molecule has 0 N–H and O–H groups in total. The number of likely N-dealkylation sites (N-methyl/N-ethyl adjacent to an activating group) is 1. The number of hydrogen-bond donors (Lipinski definition) is 0. The Kier molecular flexibility index (Phi) is 6.44. The van der Waals surface area contributed by atoms with Gasteiger partial charge in [-0.2, -0.15) is 0 Å². The highest BCUT2D eigenvalue weighted by Crippen LogP contribution is 2.37. The molecule has 2 aliphatic rings. The minimum Gasteiger partial charge on any atom is -0.490 e. The molecule has 3 rings (SSSR count). The second-order valence-electron chi connectivity index (χ2n) is 6.96. The average molecular weight is 368 g/mol. The van der Waals surface area contributed by atoms with Crippen molar-refractivity contribution in [2.45, 2.75) is 26.4 Å². The molecule has 1 aromatic carbocycles. The van der Waals surface area contributed by atoms with Crippen LogP contribution in [0.4, 0.5) is 0 Å². The Labute approximate surface area is 156 Å². The highest BCUT2D eigenvalue weighted by atomic mass is 35.5. The lowest BCUT2D eigenvalue weighted by Gasteiger charge is -2.46. The molecule has 25 heavy (non-hydrogen) atoms. The lowest BCUT2D eigenvalue weighted by Crippen LogP contribution is -2.61. The van der Waals surface area contributed by atoms with E-state index in [-0.39, 0.29) is 0 Å². The summed E-state index contributed by atoms with van der Waals surface area (Å²) in [7, 11) is 2.22. The molecule has 6 heteroatoms. The normalized spacial score (nSPS) is 22.6. The Bertz CT molecular complexity index is 584. The van der Waals surface area contributed by atoms with Gasteiger partial charge in [0.05, 0.1) is 18.2 Å². The number of rotatable bonds is 6. The Morgan fingerprint density at radius 3 is 2.56 bits per heavy atom. The molecular formula is C19H30ClN3O2. The third-order valence-corrected chi connectivity index (χ3v) is 5.32. The number of hydrogen-bond acceptors (Lipinski definition) is 5. The summed E-state index contributed by atoms with van der Waals surface area (Å²) < 4.78 is 11.4. The van der Waals surface area contributed by atoms with Gasteiger partial charge in [0, 0.05) is 51.9 Å². The second kappa shape index (κ2) is 8.58. The molecule has 0 spiro atoms. The monoisotopic (exact) mass is 367 g/mol. The molecule has 0 aliphatic carbocycles. The topological polar surface area (TPSA) is 28.2 Å². The van der Waals surface area contributed by atoms with E-state index in [9.17, 15) is 0 Å². The van der Waals surface area contributed by atoms with Crippen LogP contribution in [-0.2, 0) is 6.54 Å². The zero-order valence-electron chi connectivity index (χ0n) is 15.6. The maximum absolute atomic E-state index is 6.46. The third-order valence-electron chi connectivity index (χ3n) is 5.04. The minimum absolute atomic E-state index is 0.580. The molecule has 2 heterocycles. The first-order valence-corrected chi connectivity index (χ1v) is 9.71. The van der Waals surface area contributed by atoms with E-state index in [0.29, 0.717) is 30.0 Å². The van der Waals surface area contributed by atoms with Crippen molar-refractivity contribution >= 4 is 11.6 Å². The first-order valence-electron chi connectivity index (χ1n) is 9.33. The van der Waals surface area contributed by atoms with Crippen LogP contribution in [0.1, 0.15) is 19.4 Å². The zero-order valence-corrected chi connectivity index (χ0v) is 16.4. The molecular weight excluding hydrogens is 338 g/mol. The molecule has 2 aliphatic heterocycles. The first kappa shape index (κ1) is 18.8. The van der Waals surface area contributed by atoms with Gasteiger partial charge in [0.1, 0.15) is 0 Å². The molecule has 0 unspecified atom stereocenters. The van der Waals surface area contributed by atoms with Crippen LogP contribution in [0.5, 0.6) is 11.5 Å². The van der Waals surface area contributed by atoms with Crippen molar-refractivity contribution in [2.24, 2.45) is 0 Å². The number of piperazine rings is 2. The molecule has 2 fully saturated rings. The maximum Gasteiger partial charge on any atom is 0.179 e. The Hall–Kier alpha value is -1.01. The molecule has 0 aromatic heterocycles. The van der Waals surface area contributed by atoms with Crippen molar-refractivity contribution in [1.29, 1.82) is 0 Å². The standard InChI is InChI=1S/C19H30ClN3O2/c1-4-24-18-11-15(10-17(20)19(18)25-5-2)12-22-7-9-23-8-6-21(3)13-16(23)14-22/h10-11,16H,4-9,12-14H2,1-3H3/t16-/m0/s1. The molecule has 2 saturated heterocycles. The Balaban J connectivity index is 1.70. The summed E-state index contributed by atoms with van der Waals surface area (Å²) in [5, 5.41) is 0.638. The fourth-order valence-corrected chi connectivity index (χ4v) is 4.12. The molecule has 0 saturated carbocycles. The van der Waals surface area contributed by atoms with E-state index < -0.39 is 0 Å². The largest absolute Gasteiger partial charge is 0.490 e. The molecule has 140 valence electrons. The van der Waals surface area contributed by atoms with Crippen molar-refractivity contribution in [1.82, 2.24) is 14.7 Å². The van der Waals surface area contributed by atoms with Gasteiger partial charge >= 0.3 is 0 Å². The fraction of sp³-hybridized carbons (Fsp3) is 0.684. The predicted molar refractivity (Wildman–Crippen MR) is 102 cm³/mol. The van der Waals surface area contributed by atoms with Crippen LogP contribution in [0.25, 0.3) is 0 Å². The number of halogens is 1. The second-order valence-corrected chi connectivity index (χ2v) is 7.37. The van der Waals surface area contributed by atoms with Gasteiger partial charge in [-0.1, -0.05) is 11.6 Å². The number of benzene rings is 1. The summed E-state index contributed by atoms with van der Waals surface area (Å²) in [6.07, 6.45) is 0. The van der Waals surface area contributed by atoms with Gasteiger partial charge in [-0.15, -0.1) is 0 Å². The minimum atomic E-state index is 0.580. The lowest BCUT2D eigenvalue weighted by atomic mass is 10.1. The highest BCUT2D eigenvalue weighted by Gasteiger charge is 2.30. The van der Waals surface area contributed by atoms with E-state index in [1.165, 1.54) is 18.7 Å². The number of ether oxygens (including phenoxy) is 2. The van der Waals surface area contributed by atoms with E-state index in [1.807, 2.05) is 19.9 Å². The lowest BCUT2D eigenvalue weighted by molar-refractivity contribution is 0.0175. The van der Waals surface area contributed by atoms with Gasteiger partial charge in [-0.25, -0.2) is 0 Å². The summed E-state index contributed by atoms with van der Waals surface area (Å²) >= 11 is 6.46. The Morgan fingerprint density at radius 1 is 1.04 bits per heavy atom. The smallest absolute Gasteiger partial charge is 0.179 e. The number of nitrogens with zero attached hydrogens (tertiary/aromatic N) is 3. The van der Waals surface area contributed by atoms with Crippen molar-refractivity contribution in [2.75, 3.05) is 59.5 Å². The van der Waals surface area contributed by atoms with Gasteiger partial charge in [0.15, 0.2) is 11.5 Å². The molecule has 0 amide bonds. The van der Waals surface area contributed by atoms with Gasteiger partial charge in [0.25, 0.3) is 0 Å². The van der Waals surface area contributed by atoms with E-state index in [2.05, 4.69) is 27.8 Å². The van der Waals surface area contributed by atoms with Crippen LogP contribution in [-0.4, -0.2) is 80.3 Å². The van der Waals surface area contributed by atoms with Crippen molar-refractivity contribution in [3.05, 3.63) is 22.7 Å². The summed E-state index contributed by atoms with van der Waals surface area (Å²) in [6, 6.07) is 4.74. The van der Waals surface area contributed by atoms with Gasteiger partial charge in [0.2, 0.25) is 0 Å². The van der Waals surface area contributed by atoms with Crippen LogP contribution in [0.2, 0.25) is 5.02 Å². The highest BCUT2D eigenvalue weighted by molar-refractivity contribution is 6.32.